The molecule has 6 nitrogen and oxygen atoms in total. The second-order valence-electron chi connectivity index (χ2n) is 5.31. The third-order valence-corrected chi connectivity index (χ3v) is 3.84. The number of hydrogen-bond acceptors (Lipinski definition) is 4. The zero-order chi connectivity index (χ0) is 13.7. The summed E-state index contributed by atoms with van der Waals surface area (Å²) in [5.41, 5.74) is 0. The van der Waals surface area contributed by atoms with Crippen LogP contribution in [0, 0.1) is 12.8 Å². The quantitative estimate of drug-likeness (QED) is 0.836. The Morgan fingerprint density at radius 2 is 2.37 bits per heavy atom. The Balaban J connectivity index is 1.75. The van der Waals surface area contributed by atoms with Gasteiger partial charge in [0.1, 0.15) is 12.2 Å². The molecule has 0 amide bonds. The first kappa shape index (κ1) is 14.0. The lowest BCUT2D eigenvalue weighted by molar-refractivity contribution is -0.137. The Morgan fingerprint density at radius 1 is 1.53 bits per heavy atom. The van der Waals surface area contributed by atoms with E-state index in [0.29, 0.717) is 12.3 Å². The number of aliphatic carboxylic acids is 1. The average Bonchev–Trinajstić information content (AvgIpc) is 2.80. The van der Waals surface area contributed by atoms with Crippen molar-refractivity contribution in [1.82, 2.24) is 19.7 Å². The normalized spacial score (nSPS) is 20.6. The smallest absolute Gasteiger partial charge is 0.303 e. The third kappa shape index (κ3) is 4.31. The van der Waals surface area contributed by atoms with Gasteiger partial charge in [-0.2, -0.15) is 0 Å². The van der Waals surface area contributed by atoms with Crippen LogP contribution in [0.25, 0.3) is 0 Å². The van der Waals surface area contributed by atoms with Gasteiger partial charge in [0.05, 0.1) is 0 Å². The van der Waals surface area contributed by atoms with Crippen molar-refractivity contribution < 1.29 is 9.90 Å². The first-order valence-corrected chi connectivity index (χ1v) is 6.93. The third-order valence-electron chi connectivity index (χ3n) is 3.84. The predicted molar refractivity (Wildman–Crippen MR) is 70.8 cm³/mol. The van der Waals surface area contributed by atoms with Crippen LogP contribution in [0.15, 0.2) is 6.33 Å². The van der Waals surface area contributed by atoms with E-state index in [2.05, 4.69) is 19.7 Å². The summed E-state index contributed by atoms with van der Waals surface area (Å²) >= 11 is 0. The molecular formula is C13H22N4O2. The van der Waals surface area contributed by atoms with Gasteiger partial charge in [-0.1, -0.05) is 0 Å². The Morgan fingerprint density at radius 3 is 3.05 bits per heavy atom. The lowest BCUT2D eigenvalue weighted by atomic mass is 9.93. The van der Waals surface area contributed by atoms with Gasteiger partial charge in [0.15, 0.2) is 0 Å². The van der Waals surface area contributed by atoms with Crippen LogP contribution in [0.4, 0.5) is 0 Å². The molecule has 106 valence electrons. The van der Waals surface area contributed by atoms with E-state index in [0.717, 1.165) is 44.8 Å². The summed E-state index contributed by atoms with van der Waals surface area (Å²) in [6.45, 7) is 5.99. The number of aromatic nitrogens is 3. The lowest BCUT2D eigenvalue weighted by Crippen LogP contribution is -2.37. The maximum Gasteiger partial charge on any atom is 0.303 e. The molecule has 1 fully saturated rings. The summed E-state index contributed by atoms with van der Waals surface area (Å²) in [7, 11) is 0. The molecule has 0 saturated carbocycles. The molecule has 1 N–H and O–H groups in total. The second-order valence-corrected chi connectivity index (χ2v) is 5.31. The highest BCUT2D eigenvalue weighted by molar-refractivity contribution is 5.66. The second kappa shape index (κ2) is 6.65. The van der Waals surface area contributed by atoms with Crippen LogP contribution in [0.3, 0.4) is 0 Å². The maximum absolute atomic E-state index is 10.6. The number of carboxylic acid groups (broad SMARTS) is 1. The van der Waals surface area contributed by atoms with Crippen LogP contribution in [0.2, 0.25) is 0 Å². The molecule has 6 heteroatoms. The Hall–Kier alpha value is -1.43. The molecule has 1 aliphatic rings. The molecule has 0 aliphatic carbocycles. The number of rotatable bonds is 6. The van der Waals surface area contributed by atoms with Gasteiger partial charge in [0.2, 0.25) is 0 Å². The number of aryl methyl sites for hydroxylation is 1. The van der Waals surface area contributed by atoms with E-state index in [1.54, 1.807) is 6.33 Å². The molecule has 0 bridgehead atoms. The molecule has 0 aromatic carbocycles. The molecule has 1 aromatic heterocycles. The van der Waals surface area contributed by atoms with E-state index in [1.807, 2.05) is 6.92 Å². The number of carbonyl (C=O) groups is 1. The molecule has 2 heterocycles. The Kier molecular flexibility index (Phi) is 4.90. The van der Waals surface area contributed by atoms with Crippen molar-refractivity contribution in [3.05, 3.63) is 12.2 Å². The average molecular weight is 266 g/mol. The van der Waals surface area contributed by atoms with Gasteiger partial charge in [-0.05, 0) is 38.6 Å². The van der Waals surface area contributed by atoms with Crippen molar-refractivity contribution in [3.8, 4) is 0 Å². The molecule has 0 spiro atoms. The molecule has 1 saturated heterocycles. The SMILES string of the molecule is Cc1nncn1CCN1CCCC(CCC(=O)O)C1. The minimum atomic E-state index is -0.683. The minimum absolute atomic E-state index is 0.295. The standard InChI is InChI=1S/C13H22N4O2/c1-11-15-14-10-17(11)8-7-16-6-2-3-12(9-16)4-5-13(18)19/h10,12H,2-9H2,1H3,(H,18,19). The van der Waals surface area contributed by atoms with E-state index in [1.165, 1.54) is 6.42 Å². The van der Waals surface area contributed by atoms with E-state index < -0.39 is 5.97 Å². The fourth-order valence-electron chi connectivity index (χ4n) is 2.70. The minimum Gasteiger partial charge on any atom is -0.481 e. The van der Waals surface area contributed by atoms with Crippen molar-refractivity contribution in [2.75, 3.05) is 19.6 Å². The van der Waals surface area contributed by atoms with Crippen LogP contribution in [0.1, 0.15) is 31.5 Å². The van der Waals surface area contributed by atoms with Gasteiger partial charge < -0.3 is 14.6 Å². The van der Waals surface area contributed by atoms with Crippen LogP contribution in [0.5, 0.6) is 0 Å². The fraction of sp³-hybridized carbons (Fsp3) is 0.769. The Bertz CT molecular complexity index is 419. The van der Waals surface area contributed by atoms with Crippen LogP contribution in [-0.2, 0) is 11.3 Å². The highest BCUT2D eigenvalue weighted by atomic mass is 16.4. The number of carboxylic acids is 1. The summed E-state index contributed by atoms with van der Waals surface area (Å²) in [4.78, 5) is 13.0. The van der Waals surface area contributed by atoms with E-state index in [4.69, 9.17) is 5.11 Å². The topological polar surface area (TPSA) is 71.2 Å². The zero-order valence-corrected chi connectivity index (χ0v) is 11.5. The van der Waals surface area contributed by atoms with Crippen molar-refractivity contribution in [1.29, 1.82) is 0 Å². The number of nitrogens with zero attached hydrogens (tertiary/aromatic N) is 4. The molecule has 1 aliphatic heterocycles. The van der Waals surface area contributed by atoms with Gasteiger partial charge in [-0.15, -0.1) is 10.2 Å². The molecule has 2 rings (SSSR count). The first-order chi connectivity index (χ1) is 9.15. The van der Waals surface area contributed by atoms with Crippen LogP contribution < -0.4 is 0 Å². The van der Waals surface area contributed by atoms with Gasteiger partial charge in [0.25, 0.3) is 0 Å². The molecule has 1 aromatic rings. The van der Waals surface area contributed by atoms with Gasteiger partial charge in [0, 0.05) is 26.1 Å². The van der Waals surface area contributed by atoms with Crippen molar-refractivity contribution >= 4 is 5.97 Å². The number of likely N-dealkylation sites (tertiary alicyclic amines) is 1. The summed E-state index contributed by atoms with van der Waals surface area (Å²) in [5, 5.41) is 16.6. The number of hydrogen-bond donors (Lipinski definition) is 1. The fourth-order valence-corrected chi connectivity index (χ4v) is 2.70. The summed E-state index contributed by atoms with van der Waals surface area (Å²) in [6.07, 6.45) is 5.20. The van der Waals surface area contributed by atoms with Crippen molar-refractivity contribution in [2.24, 2.45) is 5.92 Å². The van der Waals surface area contributed by atoms with E-state index in [9.17, 15) is 4.79 Å². The Labute approximate surface area is 113 Å². The van der Waals surface area contributed by atoms with Crippen LogP contribution >= 0.6 is 0 Å². The van der Waals surface area contributed by atoms with Crippen LogP contribution in [-0.4, -0.2) is 50.4 Å². The van der Waals surface area contributed by atoms with Gasteiger partial charge >= 0.3 is 5.97 Å². The highest BCUT2D eigenvalue weighted by Gasteiger charge is 2.20. The molecule has 1 atom stereocenters. The first-order valence-electron chi connectivity index (χ1n) is 6.93. The van der Waals surface area contributed by atoms with Gasteiger partial charge in [-0.3, -0.25) is 4.79 Å². The monoisotopic (exact) mass is 266 g/mol. The van der Waals surface area contributed by atoms with Crippen molar-refractivity contribution in [3.63, 3.8) is 0 Å². The predicted octanol–water partition coefficient (Wildman–Crippen LogP) is 1.16. The molecule has 1 unspecified atom stereocenters. The number of piperidine rings is 1. The summed E-state index contributed by atoms with van der Waals surface area (Å²) < 4.78 is 2.06. The molecular weight excluding hydrogens is 244 g/mol. The maximum atomic E-state index is 10.6. The van der Waals surface area contributed by atoms with E-state index >= 15 is 0 Å². The zero-order valence-electron chi connectivity index (χ0n) is 11.5. The molecule has 19 heavy (non-hydrogen) atoms. The molecule has 0 radical (unpaired) electrons. The highest BCUT2D eigenvalue weighted by Crippen LogP contribution is 2.20. The van der Waals surface area contributed by atoms with Crippen molar-refractivity contribution in [2.45, 2.75) is 39.2 Å². The lowest BCUT2D eigenvalue weighted by Gasteiger charge is -2.32. The van der Waals surface area contributed by atoms with Gasteiger partial charge in [-0.25, -0.2) is 0 Å². The van der Waals surface area contributed by atoms with E-state index in [-0.39, 0.29) is 0 Å². The summed E-state index contributed by atoms with van der Waals surface area (Å²) in [5.74, 6) is 0.795. The largest absolute Gasteiger partial charge is 0.481 e. The summed E-state index contributed by atoms with van der Waals surface area (Å²) in [6, 6.07) is 0.